The Balaban J connectivity index is 2.24. The third kappa shape index (κ3) is 5.37. The maximum atomic E-state index is 12.8. The Labute approximate surface area is 151 Å². The smallest absolute Gasteiger partial charge is 0.416 e. The number of nitrogens with zero attached hydrogens (tertiary/aromatic N) is 2. The van der Waals surface area contributed by atoms with Gasteiger partial charge in [0.25, 0.3) is 0 Å². The van der Waals surface area contributed by atoms with Gasteiger partial charge in [0.05, 0.1) is 17.9 Å². The van der Waals surface area contributed by atoms with E-state index in [0.717, 1.165) is 18.6 Å². The van der Waals surface area contributed by atoms with Gasteiger partial charge in [-0.2, -0.15) is 13.2 Å². The van der Waals surface area contributed by atoms with Crippen molar-refractivity contribution in [3.05, 3.63) is 29.8 Å². The number of rotatable bonds is 3. The number of likely N-dealkylation sites (tertiary alicyclic amines) is 1. The lowest BCUT2D eigenvalue weighted by atomic mass is 9.92. The molecule has 1 aromatic carbocycles. The summed E-state index contributed by atoms with van der Waals surface area (Å²) < 4.78 is 43.5. The van der Waals surface area contributed by atoms with E-state index in [2.05, 4.69) is 24.4 Å². The summed E-state index contributed by atoms with van der Waals surface area (Å²) in [4.78, 5) is 14.1. The van der Waals surface area contributed by atoms with Gasteiger partial charge >= 0.3 is 12.1 Å². The molecule has 0 unspecified atom stereocenters. The van der Waals surface area contributed by atoms with E-state index < -0.39 is 17.7 Å². The summed E-state index contributed by atoms with van der Waals surface area (Å²) in [6.45, 7) is 7.35. The number of alkyl halides is 3. The second kappa shape index (κ2) is 8.42. The Kier molecular flexibility index (Phi) is 6.50. The number of benzene rings is 1. The van der Waals surface area contributed by atoms with E-state index in [9.17, 15) is 18.0 Å². The summed E-state index contributed by atoms with van der Waals surface area (Å²) in [6, 6.07) is 4.68. The van der Waals surface area contributed by atoms with Gasteiger partial charge in [0.2, 0.25) is 5.84 Å². The van der Waals surface area contributed by atoms with E-state index >= 15 is 0 Å². The molecule has 2 atom stereocenters. The normalized spacial score (nSPS) is 21.5. The summed E-state index contributed by atoms with van der Waals surface area (Å²) in [5, 5.41) is 4.08. The molecule has 1 fully saturated rings. The van der Waals surface area contributed by atoms with Crippen molar-refractivity contribution < 1.29 is 22.7 Å². The molecule has 5 nitrogen and oxygen atoms in total. The van der Waals surface area contributed by atoms with Crippen molar-refractivity contribution in [3.63, 3.8) is 0 Å². The number of piperidine rings is 1. The number of carbonyl (C=O) groups excluding carboxylic acids is 1. The summed E-state index contributed by atoms with van der Waals surface area (Å²) in [5.74, 6) is 0.259. The molecule has 1 N–H and O–H groups in total. The lowest BCUT2D eigenvalue weighted by molar-refractivity contribution is -0.138. The zero-order valence-corrected chi connectivity index (χ0v) is 15.1. The molecule has 1 heterocycles. The van der Waals surface area contributed by atoms with Crippen molar-refractivity contribution in [3.8, 4) is 0 Å². The van der Waals surface area contributed by atoms with E-state index in [-0.39, 0.29) is 18.1 Å². The molecule has 0 aliphatic carbocycles. The Morgan fingerprint density at radius 2 is 1.96 bits per heavy atom. The number of hydrogen-bond donors (Lipinski definition) is 1. The molecule has 0 radical (unpaired) electrons. The highest BCUT2D eigenvalue weighted by Crippen LogP contribution is 2.30. The van der Waals surface area contributed by atoms with E-state index in [1.165, 1.54) is 12.1 Å². The van der Waals surface area contributed by atoms with Crippen molar-refractivity contribution in [2.24, 2.45) is 16.9 Å². The van der Waals surface area contributed by atoms with Gasteiger partial charge < -0.3 is 9.64 Å². The van der Waals surface area contributed by atoms with E-state index in [1.54, 1.807) is 6.92 Å². The first-order valence-electron chi connectivity index (χ1n) is 8.63. The standard InChI is InChI=1S/C18H24F3N3O2/c1-4-26-17(25)16(24-10-12(2)8-13(3)11-24)23-22-15-7-5-6-14(9-15)18(19,20)21/h5-7,9,12-13,22H,4,8,10-11H2,1-3H3/b23-16+/t12-,13-/m1/s1. The van der Waals surface area contributed by atoms with Gasteiger partial charge in [-0.15, -0.1) is 5.10 Å². The molecule has 1 aliphatic heterocycles. The summed E-state index contributed by atoms with van der Waals surface area (Å²) in [6.07, 6.45) is -3.39. The largest absolute Gasteiger partial charge is 0.460 e. The molecule has 0 amide bonds. The lowest BCUT2D eigenvalue weighted by Crippen LogP contribution is -2.46. The van der Waals surface area contributed by atoms with Gasteiger partial charge in [0.15, 0.2) is 0 Å². The average molecular weight is 371 g/mol. The van der Waals surface area contributed by atoms with Crippen LogP contribution in [-0.2, 0) is 15.7 Å². The van der Waals surface area contributed by atoms with Crippen molar-refractivity contribution in [1.82, 2.24) is 4.90 Å². The van der Waals surface area contributed by atoms with Gasteiger partial charge in [0.1, 0.15) is 0 Å². The third-order valence-electron chi connectivity index (χ3n) is 4.11. The van der Waals surface area contributed by atoms with Crippen LogP contribution in [0, 0.1) is 11.8 Å². The van der Waals surface area contributed by atoms with Crippen molar-refractivity contribution >= 4 is 17.5 Å². The van der Waals surface area contributed by atoms with Crippen LogP contribution in [0.4, 0.5) is 18.9 Å². The first-order valence-corrected chi connectivity index (χ1v) is 8.63. The maximum Gasteiger partial charge on any atom is 0.416 e. The Bertz CT molecular complexity index is 651. The van der Waals surface area contributed by atoms with Crippen LogP contribution < -0.4 is 5.43 Å². The molecule has 2 rings (SSSR count). The van der Waals surface area contributed by atoms with Gasteiger partial charge in [-0.25, -0.2) is 4.79 Å². The highest BCUT2D eigenvalue weighted by molar-refractivity contribution is 6.35. The van der Waals surface area contributed by atoms with E-state index in [4.69, 9.17) is 4.74 Å². The SMILES string of the molecule is CCOC(=O)/C(=N\Nc1cccc(C(F)(F)F)c1)N1C[C@H](C)C[C@@H](C)C1. The molecule has 0 saturated carbocycles. The molecule has 0 bridgehead atoms. The quantitative estimate of drug-likeness (QED) is 0.378. The minimum absolute atomic E-state index is 0.0858. The van der Waals surface area contributed by atoms with Gasteiger partial charge in [-0.3, -0.25) is 5.43 Å². The second-order valence-corrected chi connectivity index (χ2v) is 6.70. The van der Waals surface area contributed by atoms with Crippen LogP contribution in [0.25, 0.3) is 0 Å². The molecule has 1 aliphatic rings. The van der Waals surface area contributed by atoms with Crippen LogP contribution in [-0.4, -0.2) is 36.4 Å². The van der Waals surface area contributed by atoms with Crippen LogP contribution in [0.5, 0.6) is 0 Å². The minimum atomic E-state index is -4.44. The lowest BCUT2D eigenvalue weighted by Gasteiger charge is -2.36. The maximum absolute atomic E-state index is 12.8. The fourth-order valence-electron chi connectivity index (χ4n) is 3.16. The number of hydrogen-bond acceptors (Lipinski definition) is 4. The topological polar surface area (TPSA) is 53.9 Å². The second-order valence-electron chi connectivity index (χ2n) is 6.70. The average Bonchev–Trinajstić information content (AvgIpc) is 2.54. The van der Waals surface area contributed by atoms with E-state index in [1.807, 2.05) is 4.90 Å². The summed E-state index contributed by atoms with van der Waals surface area (Å²) in [5.41, 5.74) is 1.94. The summed E-state index contributed by atoms with van der Waals surface area (Å²) in [7, 11) is 0. The predicted octanol–water partition coefficient (Wildman–Crippen LogP) is 3.97. The number of halogens is 3. The van der Waals surface area contributed by atoms with Crippen molar-refractivity contribution in [1.29, 1.82) is 0 Å². The molecular weight excluding hydrogens is 347 g/mol. The van der Waals surface area contributed by atoms with Crippen LogP contribution in [0.2, 0.25) is 0 Å². The predicted molar refractivity (Wildman–Crippen MR) is 93.7 cm³/mol. The van der Waals surface area contributed by atoms with E-state index in [0.29, 0.717) is 24.9 Å². The molecule has 8 heteroatoms. The molecule has 1 aromatic rings. The number of esters is 1. The van der Waals surface area contributed by atoms with Crippen LogP contribution in [0.1, 0.15) is 32.8 Å². The number of amidine groups is 1. The number of nitrogens with one attached hydrogen (secondary N) is 1. The number of hydrazone groups is 1. The van der Waals surface area contributed by atoms with Crippen molar-refractivity contribution in [2.75, 3.05) is 25.1 Å². The van der Waals surface area contributed by atoms with Gasteiger partial charge in [-0.1, -0.05) is 19.9 Å². The zero-order valence-electron chi connectivity index (χ0n) is 15.1. The molecule has 0 aromatic heterocycles. The number of carbonyl (C=O) groups is 1. The first kappa shape index (κ1) is 20.1. The highest BCUT2D eigenvalue weighted by Gasteiger charge is 2.31. The molecule has 1 saturated heterocycles. The first-order chi connectivity index (χ1) is 12.2. The Morgan fingerprint density at radius 3 is 2.54 bits per heavy atom. The van der Waals surface area contributed by atoms with Crippen LogP contribution >= 0.6 is 0 Å². The van der Waals surface area contributed by atoms with Gasteiger partial charge in [0, 0.05) is 13.1 Å². The highest BCUT2D eigenvalue weighted by atomic mass is 19.4. The monoisotopic (exact) mass is 371 g/mol. The fraction of sp³-hybridized carbons (Fsp3) is 0.556. The molecule has 0 spiro atoms. The minimum Gasteiger partial charge on any atom is -0.460 e. The zero-order chi connectivity index (χ0) is 19.3. The van der Waals surface area contributed by atoms with Crippen molar-refractivity contribution in [2.45, 2.75) is 33.4 Å². The number of ether oxygens (including phenoxy) is 1. The fourth-order valence-corrected chi connectivity index (χ4v) is 3.16. The molecular formula is C18H24F3N3O2. The molecule has 144 valence electrons. The third-order valence-corrected chi connectivity index (χ3v) is 4.11. The van der Waals surface area contributed by atoms with Crippen LogP contribution in [0.15, 0.2) is 29.4 Å². The number of anilines is 1. The molecule has 26 heavy (non-hydrogen) atoms. The van der Waals surface area contributed by atoms with Crippen LogP contribution in [0.3, 0.4) is 0 Å². The Morgan fingerprint density at radius 1 is 1.31 bits per heavy atom. The summed E-state index contributed by atoms with van der Waals surface area (Å²) >= 11 is 0. The van der Waals surface area contributed by atoms with Gasteiger partial charge in [-0.05, 0) is 43.4 Å². The Hall–Kier alpha value is -2.25.